The summed E-state index contributed by atoms with van der Waals surface area (Å²) in [6, 6.07) is 12.7. The van der Waals surface area contributed by atoms with Crippen LogP contribution in [-0.2, 0) is 11.3 Å². The van der Waals surface area contributed by atoms with Crippen LogP contribution in [0.2, 0.25) is 0 Å². The van der Waals surface area contributed by atoms with Crippen molar-refractivity contribution in [3.05, 3.63) is 57.3 Å². The summed E-state index contributed by atoms with van der Waals surface area (Å²) in [6.07, 6.45) is 0.788. The molecule has 0 saturated heterocycles. The van der Waals surface area contributed by atoms with Gasteiger partial charge in [0.05, 0.1) is 29.0 Å². The van der Waals surface area contributed by atoms with Crippen LogP contribution in [0.4, 0.5) is 5.69 Å². The summed E-state index contributed by atoms with van der Waals surface area (Å²) in [5.41, 5.74) is 1.12. The Morgan fingerprint density at radius 3 is 2.79 bits per heavy atom. The van der Waals surface area contributed by atoms with E-state index in [0.717, 1.165) is 10.9 Å². The summed E-state index contributed by atoms with van der Waals surface area (Å²) in [7, 11) is 1.56. The van der Waals surface area contributed by atoms with Gasteiger partial charge >= 0.3 is 0 Å². The van der Waals surface area contributed by atoms with Gasteiger partial charge in [-0.1, -0.05) is 46.7 Å². The van der Waals surface area contributed by atoms with Crippen LogP contribution in [0.5, 0.6) is 5.75 Å². The van der Waals surface area contributed by atoms with E-state index in [-0.39, 0.29) is 11.5 Å². The Labute approximate surface area is 181 Å². The number of amides is 1. The molecule has 152 valence electrons. The second-order valence-electron chi connectivity index (χ2n) is 6.46. The van der Waals surface area contributed by atoms with Gasteiger partial charge in [0.15, 0.2) is 5.16 Å². The first-order chi connectivity index (χ1) is 13.9. The zero-order valence-corrected chi connectivity index (χ0v) is 18.8. The molecule has 1 heterocycles. The quantitative estimate of drug-likeness (QED) is 0.396. The molecule has 0 aliphatic rings. The Hall–Kier alpha value is -2.32. The lowest BCUT2D eigenvalue weighted by atomic mass is 10.2. The number of carbonyl (C=O) groups is 1. The fraction of sp³-hybridized carbons (Fsp3) is 0.286. The molecule has 0 radical (unpaired) electrons. The van der Waals surface area contributed by atoms with Gasteiger partial charge in [0.25, 0.3) is 5.56 Å². The van der Waals surface area contributed by atoms with Crippen LogP contribution in [-0.4, -0.2) is 27.8 Å². The van der Waals surface area contributed by atoms with Crippen molar-refractivity contribution >= 4 is 50.2 Å². The van der Waals surface area contributed by atoms with E-state index in [1.165, 1.54) is 11.8 Å². The molecule has 3 aromatic rings. The Morgan fingerprint density at radius 1 is 1.31 bits per heavy atom. The van der Waals surface area contributed by atoms with Crippen LogP contribution in [0, 0.1) is 0 Å². The lowest BCUT2D eigenvalue weighted by Gasteiger charge is -2.17. The number of methoxy groups -OCH3 is 1. The second kappa shape index (κ2) is 9.45. The molecule has 0 saturated carbocycles. The number of anilines is 1. The third-order valence-corrected chi connectivity index (χ3v) is 5.93. The molecule has 0 fully saturated rings. The lowest BCUT2D eigenvalue weighted by molar-refractivity contribution is -0.115. The molecule has 2 aromatic carbocycles. The molecule has 3 rings (SSSR count). The first-order valence-electron chi connectivity index (χ1n) is 9.25. The van der Waals surface area contributed by atoms with Gasteiger partial charge in [0.2, 0.25) is 5.91 Å². The minimum atomic E-state index is -0.456. The number of benzene rings is 2. The topological polar surface area (TPSA) is 73.2 Å². The van der Waals surface area contributed by atoms with Gasteiger partial charge in [-0.3, -0.25) is 14.2 Å². The minimum Gasteiger partial charge on any atom is -0.495 e. The number of thioether (sulfide) groups is 1. The molecule has 0 aliphatic heterocycles. The highest BCUT2D eigenvalue weighted by Gasteiger charge is 2.20. The van der Waals surface area contributed by atoms with Gasteiger partial charge in [-0.05, 0) is 43.7 Å². The summed E-state index contributed by atoms with van der Waals surface area (Å²) in [4.78, 5) is 30.4. The van der Waals surface area contributed by atoms with Gasteiger partial charge in [0.1, 0.15) is 5.75 Å². The first kappa shape index (κ1) is 21.4. The molecule has 1 amide bonds. The number of ether oxygens (including phenoxy) is 1. The molecule has 1 N–H and O–H groups in total. The maximum atomic E-state index is 13.0. The Morgan fingerprint density at radius 2 is 2.07 bits per heavy atom. The Balaban J connectivity index is 1.90. The highest BCUT2D eigenvalue weighted by atomic mass is 79.9. The number of hydrogen-bond acceptors (Lipinski definition) is 5. The van der Waals surface area contributed by atoms with E-state index in [2.05, 4.69) is 26.2 Å². The third kappa shape index (κ3) is 4.82. The number of aromatic nitrogens is 2. The maximum absolute atomic E-state index is 13.0. The molecular weight excluding hydrogens is 454 g/mol. The maximum Gasteiger partial charge on any atom is 0.262 e. The lowest BCUT2D eigenvalue weighted by Crippen LogP contribution is -2.27. The monoisotopic (exact) mass is 475 g/mol. The zero-order chi connectivity index (χ0) is 21.0. The van der Waals surface area contributed by atoms with E-state index in [1.54, 1.807) is 42.9 Å². The van der Waals surface area contributed by atoms with Gasteiger partial charge < -0.3 is 10.1 Å². The molecule has 1 atom stereocenters. The van der Waals surface area contributed by atoms with Crippen molar-refractivity contribution in [2.75, 3.05) is 12.4 Å². The second-order valence-corrected chi connectivity index (χ2v) is 8.69. The standard InChI is InChI=1S/C21H22BrN3O3S/c1-4-11-25-20(27)15-12-14(22)9-10-16(15)24-21(25)29-13(2)19(26)23-17-7-5-6-8-18(17)28-3/h5-10,12-13H,4,11H2,1-3H3,(H,23,26). The minimum absolute atomic E-state index is 0.0991. The van der Waals surface area contributed by atoms with Crippen molar-refractivity contribution in [2.24, 2.45) is 0 Å². The van der Waals surface area contributed by atoms with E-state index in [9.17, 15) is 9.59 Å². The number of carbonyl (C=O) groups excluding carboxylic acids is 1. The van der Waals surface area contributed by atoms with Crippen molar-refractivity contribution < 1.29 is 9.53 Å². The number of nitrogens with one attached hydrogen (secondary N) is 1. The number of hydrogen-bond donors (Lipinski definition) is 1. The molecule has 1 unspecified atom stereocenters. The fourth-order valence-electron chi connectivity index (χ4n) is 2.88. The van der Waals surface area contributed by atoms with Gasteiger partial charge in [-0.25, -0.2) is 4.98 Å². The molecule has 29 heavy (non-hydrogen) atoms. The summed E-state index contributed by atoms with van der Waals surface area (Å²) < 4.78 is 7.76. The smallest absolute Gasteiger partial charge is 0.262 e. The number of fused-ring (bicyclic) bond motifs is 1. The molecule has 6 nitrogen and oxygen atoms in total. The summed E-state index contributed by atoms with van der Waals surface area (Å²) in [5.74, 6) is 0.406. The van der Waals surface area contributed by atoms with E-state index in [1.807, 2.05) is 25.1 Å². The number of halogens is 1. The average molecular weight is 476 g/mol. The van der Waals surface area contributed by atoms with E-state index >= 15 is 0 Å². The Bertz CT molecular complexity index is 1100. The summed E-state index contributed by atoms with van der Waals surface area (Å²) in [5, 5.41) is 3.53. The van der Waals surface area contributed by atoms with Crippen LogP contribution >= 0.6 is 27.7 Å². The molecular formula is C21H22BrN3O3S. The predicted molar refractivity (Wildman–Crippen MR) is 121 cm³/mol. The van der Waals surface area contributed by atoms with E-state index in [4.69, 9.17) is 4.74 Å². The van der Waals surface area contributed by atoms with E-state index < -0.39 is 5.25 Å². The highest BCUT2D eigenvalue weighted by molar-refractivity contribution is 9.10. The van der Waals surface area contributed by atoms with Crippen molar-refractivity contribution in [1.29, 1.82) is 0 Å². The molecule has 0 spiro atoms. The van der Waals surface area contributed by atoms with Crippen LogP contribution < -0.4 is 15.6 Å². The fourth-order valence-corrected chi connectivity index (χ4v) is 4.17. The van der Waals surface area contributed by atoms with Crippen LogP contribution in [0.25, 0.3) is 10.9 Å². The Kier molecular flexibility index (Phi) is 6.97. The SMILES string of the molecule is CCCn1c(SC(C)C(=O)Nc2ccccc2OC)nc2ccc(Br)cc2c1=O. The van der Waals surface area contributed by atoms with Gasteiger partial charge in [-0.2, -0.15) is 0 Å². The molecule has 8 heteroatoms. The molecule has 0 aliphatic carbocycles. The first-order valence-corrected chi connectivity index (χ1v) is 10.9. The normalized spacial score (nSPS) is 12.0. The van der Waals surface area contributed by atoms with Crippen molar-refractivity contribution in [3.63, 3.8) is 0 Å². The van der Waals surface area contributed by atoms with Crippen molar-refractivity contribution in [3.8, 4) is 5.75 Å². The zero-order valence-electron chi connectivity index (χ0n) is 16.4. The highest BCUT2D eigenvalue weighted by Crippen LogP contribution is 2.27. The van der Waals surface area contributed by atoms with Crippen molar-refractivity contribution in [2.45, 2.75) is 37.2 Å². The number of nitrogens with zero attached hydrogens (tertiary/aromatic N) is 2. The molecule has 1 aromatic heterocycles. The van der Waals surface area contributed by atoms with Crippen LogP contribution in [0.3, 0.4) is 0 Å². The van der Waals surface area contributed by atoms with Crippen molar-refractivity contribution in [1.82, 2.24) is 9.55 Å². The number of para-hydroxylation sites is 2. The number of rotatable bonds is 7. The largest absolute Gasteiger partial charge is 0.495 e. The van der Waals surface area contributed by atoms with Crippen LogP contribution in [0.1, 0.15) is 20.3 Å². The van der Waals surface area contributed by atoms with Crippen LogP contribution in [0.15, 0.2) is 56.9 Å². The third-order valence-electron chi connectivity index (χ3n) is 4.34. The summed E-state index contributed by atoms with van der Waals surface area (Å²) in [6.45, 7) is 4.34. The van der Waals surface area contributed by atoms with Gasteiger partial charge in [-0.15, -0.1) is 0 Å². The van der Waals surface area contributed by atoms with E-state index in [0.29, 0.717) is 34.0 Å². The van der Waals surface area contributed by atoms with Gasteiger partial charge in [0, 0.05) is 11.0 Å². The summed E-state index contributed by atoms with van der Waals surface area (Å²) >= 11 is 4.68. The molecule has 0 bridgehead atoms. The average Bonchev–Trinajstić information content (AvgIpc) is 2.71. The predicted octanol–water partition coefficient (Wildman–Crippen LogP) is 4.70.